The lowest BCUT2D eigenvalue weighted by atomic mass is 9.95. The molecular weight excluding hydrogens is 280 g/mol. The molecule has 0 N–H and O–H groups in total. The minimum atomic E-state index is 0.836. The molecule has 3 rings (SSSR count). The van der Waals surface area contributed by atoms with Crippen molar-refractivity contribution >= 4 is 11.6 Å². The van der Waals surface area contributed by atoms with Crippen LogP contribution in [0.15, 0.2) is 84.9 Å². The van der Waals surface area contributed by atoms with Crippen molar-refractivity contribution in [2.24, 2.45) is 0 Å². The zero-order valence-corrected chi connectivity index (χ0v) is 13.3. The van der Waals surface area contributed by atoms with Crippen LogP contribution in [-0.4, -0.2) is 7.11 Å². The monoisotopic (exact) mass is 300 g/mol. The predicted octanol–water partition coefficient (Wildman–Crippen LogP) is 5.48. The van der Waals surface area contributed by atoms with Gasteiger partial charge in [-0.1, -0.05) is 84.9 Å². The lowest BCUT2D eigenvalue weighted by Crippen LogP contribution is -1.95. The van der Waals surface area contributed by atoms with Gasteiger partial charge < -0.3 is 4.74 Å². The van der Waals surface area contributed by atoms with Crippen molar-refractivity contribution in [3.05, 3.63) is 102 Å². The third-order valence-corrected chi connectivity index (χ3v) is 3.86. The van der Waals surface area contributed by atoms with E-state index in [1.54, 1.807) is 7.11 Å². The van der Waals surface area contributed by atoms with Gasteiger partial charge in [0.15, 0.2) is 0 Å². The fourth-order valence-corrected chi connectivity index (χ4v) is 2.69. The first-order valence-electron chi connectivity index (χ1n) is 7.80. The first kappa shape index (κ1) is 15.1. The number of allylic oxidation sites excluding steroid dienone is 1. The number of rotatable bonds is 5. The molecule has 0 aliphatic heterocycles. The number of para-hydroxylation sites is 1. The van der Waals surface area contributed by atoms with E-state index < -0.39 is 0 Å². The molecule has 0 radical (unpaired) electrons. The lowest BCUT2D eigenvalue weighted by molar-refractivity contribution is 0.411. The molecule has 0 amide bonds. The zero-order valence-electron chi connectivity index (χ0n) is 13.3. The maximum atomic E-state index is 5.51. The Balaban J connectivity index is 2.01. The number of benzene rings is 3. The maximum Gasteiger partial charge on any atom is 0.122 e. The van der Waals surface area contributed by atoms with Gasteiger partial charge in [-0.15, -0.1) is 0 Å². The molecule has 0 bridgehead atoms. The molecule has 0 fully saturated rings. The van der Waals surface area contributed by atoms with Gasteiger partial charge in [0.2, 0.25) is 0 Å². The van der Waals surface area contributed by atoms with Gasteiger partial charge in [0, 0.05) is 6.42 Å². The minimum absolute atomic E-state index is 0.836. The van der Waals surface area contributed by atoms with Crippen LogP contribution in [0.2, 0.25) is 0 Å². The van der Waals surface area contributed by atoms with Crippen molar-refractivity contribution in [3.8, 4) is 5.75 Å². The van der Waals surface area contributed by atoms with Crippen molar-refractivity contribution in [1.82, 2.24) is 0 Å². The highest BCUT2D eigenvalue weighted by Gasteiger charge is 2.07. The lowest BCUT2D eigenvalue weighted by Gasteiger charge is -2.12. The summed E-state index contributed by atoms with van der Waals surface area (Å²) in [5, 5.41) is 0. The highest BCUT2D eigenvalue weighted by molar-refractivity contribution is 5.83. The Kier molecular flexibility index (Phi) is 4.90. The molecule has 0 saturated carbocycles. The molecule has 0 aromatic heterocycles. The molecule has 0 atom stereocenters. The molecule has 0 unspecified atom stereocenters. The van der Waals surface area contributed by atoms with Crippen molar-refractivity contribution in [3.63, 3.8) is 0 Å². The summed E-state index contributed by atoms with van der Waals surface area (Å²) >= 11 is 0. The summed E-state index contributed by atoms with van der Waals surface area (Å²) in [4.78, 5) is 0. The van der Waals surface area contributed by atoms with Gasteiger partial charge in [-0.2, -0.15) is 0 Å². The summed E-state index contributed by atoms with van der Waals surface area (Å²) < 4.78 is 5.51. The topological polar surface area (TPSA) is 9.23 Å². The Morgan fingerprint density at radius 2 is 1.39 bits per heavy atom. The fourth-order valence-electron chi connectivity index (χ4n) is 2.69. The Morgan fingerprint density at radius 1 is 0.783 bits per heavy atom. The molecule has 0 saturated heterocycles. The number of methoxy groups -OCH3 is 1. The maximum absolute atomic E-state index is 5.51. The first-order valence-corrected chi connectivity index (χ1v) is 7.80. The molecule has 0 spiro atoms. The Labute approximate surface area is 137 Å². The third kappa shape index (κ3) is 3.89. The second-order valence-electron chi connectivity index (χ2n) is 5.43. The normalized spacial score (nSPS) is 11.3. The first-order chi connectivity index (χ1) is 11.4. The van der Waals surface area contributed by atoms with Crippen LogP contribution in [0.3, 0.4) is 0 Å². The van der Waals surface area contributed by atoms with E-state index in [9.17, 15) is 0 Å². The van der Waals surface area contributed by atoms with Crippen molar-refractivity contribution in [2.75, 3.05) is 7.11 Å². The van der Waals surface area contributed by atoms with Gasteiger partial charge >= 0.3 is 0 Å². The smallest absolute Gasteiger partial charge is 0.122 e. The van der Waals surface area contributed by atoms with Crippen molar-refractivity contribution in [2.45, 2.75) is 6.42 Å². The second kappa shape index (κ2) is 7.46. The average molecular weight is 300 g/mol. The summed E-state index contributed by atoms with van der Waals surface area (Å²) in [6.07, 6.45) is 3.09. The highest BCUT2D eigenvalue weighted by Crippen LogP contribution is 2.27. The SMILES string of the molecule is COc1ccccc1C/C(=C/c1ccccc1)c1ccccc1. The van der Waals surface area contributed by atoms with Crippen LogP contribution in [0.4, 0.5) is 0 Å². The predicted molar refractivity (Wildman–Crippen MR) is 97.5 cm³/mol. The van der Waals surface area contributed by atoms with E-state index in [0.717, 1.165) is 12.2 Å². The average Bonchev–Trinajstić information content (AvgIpc) is 2.63. The van der Waals surface area contributed by atoms with E-state index in [2.05, 4.69) is 66.7 Å². The molecule has 0 heterocycles. The Hall–Kier alpha value is -2.80. The van der Waals surface area contributed by atoms with E-state index in [4.69, 9.17) is 4.74 Å². The summed E-state index contributed by atoms with van der Waals surface area (Å²) in [5.41, 5.74) is 4.92. The van der Waals surface area contributed by atoms with E-state index in [1.165, 1.54) is 22.3 Å². The Bertz CT molecular complexity index is 773. The third-order valence-electron chi connectivity index (χ3n) is 3.86. The second-order valence-corrected chi connectivity index (χ2v) is 5.43. The van der Waals surface area contributed by atoms with Crippen LogP contribution >= 0.6 is 0 Å². The van der Waals surface area contributed by atoms with Gasteiger partial charge in [-0.05, 0) is 28.3 Å². The van der Waals surface area contributed by atoms with Gasteiger partial charge in [-0.25, -0.2) is 0 Å². The number of hydrogen-bond donors (Lipinski definition) is 0. The summed E-state index contributed by atoms with van der Waals surface area (Å²) in [7, 11) is 1.72. The van der Waals surface area contributed by atoms with Crippen LogP contribution in [0, 0.1) is 0 Å². The molecule has 0 aliphatic rings. The molecule has 0 aliphatic carbocycles. The summed E-state index contributed by atoms with van der Waals surface area (Å²) in [6, 6.07) is 29.2. The van der Waals surface area contributed by atoms with E-state index in [-0.39, 0.29) is 0 Å². The Morgan fingerprint density at radius 3 is 2.09 bits per heavy atom. The van der Waals surface area contributed by atoms with E-state index in [1.807, 2.05) is 24.3 Å². The molecule has 3 aromatic rings. The van der Waals surface area contributed by atoms with Crippen molar-refractivity contribution < 1.29 is 4.74 Å². The van der Waals surface area contributed by atoms with Crippen molar-refractivity contribution in [1.29, 1.82) is 0 Å². The molecule has 1 heteroatoms. The molecular formula is C22H20O. The zero-order chi connectivity index (χ0) is 15.9. The number of hydrogen-bond acceptors (Lipinski definition) is 1. The van der Waals surface area contributed by atoms with Gasteiger partial charge in [-0.3, -0.25) is 0 Å². The van der Waals surface area contributed by atoms with Gasteiger partial charge in [0.1, 0.15) is 5.75 Å². The quantitative estimate of drug-likeness (QED) is 0.567. The molecule has 1 nitrogen and oxygen atoms in total. The van der Waals surface area contributed by atoms with Crippen LogP contribution < -0.4 is 4.74 Å². The van der Waals surface area contributed by atoms with Crippen LogP contribution in [-0.2, 0) is 6.42 Å². The summed E-state index contributed by atoms with van der Waals surface area (Å²) in [6.45, 7) is 0. The van der Waals surface area contributed by atoms with Crippen LogP contribution in [0.5, 0.6) is 5.75 Å². The molecule has 114 valence electrons. The van der Waals surface area contributed by atoms with Crippen LogP contribution in [0.25, 0.3) is 11.6 Å². The van der Waals surface area contributed by atoms with E-state index >= 15 is 0 Å². The summed E-state index contributed by atoms with van der Waals surface area (Å²) in [5.74, 6) is 0.933. The highest BCUT2D eigenvalue weighted by atomic mass is 16.5. The minimum Gasteiger partial charge on any atom is -0.496 e. The molecule has 3 aromatic carbocycles. The standard InChI is InChI=1S/C22H20O/c1-23-22-15-9-8-14-20(22)17-21(19-12-6-3-7-13-19)16-18-10-4-2-5-11-18/h2-16H,17H2,1H3/b21-16-. The number of ether oxygens (including phenoxy) is 1. The van der Waals surface area contributed by atoms with E-state index in [0.29, 0.717) is 0 Å². The largest absolute Gasteiger partial charge is 0.496 e. The van der Waals surface area contributed by atoms with Crippen LogP contribution in [0.1, 0.15) is 16.7 Å². The van der Waals surface area contributed by atoms with Gasteiger partial charge in [0.25, 0.3) is 0 Å². The fraction of sp³-hybridized carbons (Fsp3) is 0.0909. The molecule has 23 heavy (non-hydrogen) atoms. The van der Waals surface area contributed by atoms with Gasteiger partial charge in [0.05, 0.1) is 7.11 Å².